The van der Waals surface area contributed by atoms with Crippen molar-refractivity contribution in [3.63, 3.8) is 0 Å². The number of benzene rings is 1. The van der Waals surface area contributed by atoms with Gasteiger partial charge in [-0.1, -0.05) is 32.3 Å². The highest BCUT2D eigenvalue weighted by Crippen LogP contribution is 2.36. The summed E-state index contributed by atoms with van der Waals surface area (Å²) < 4.78 is 46.3. The molecule has 0 aliphatic carbocycles. The van der Waals surface area contributed by atoms with Crippen LogP contribution in [0.4, 0.5) is 24.8 Å². The summed E-state index contributed by atoms with van der Waals surface area (Å²) in [4.78, 5) is 9.81. The van der Waals surface area contributed by atoms with Gasteiger partial charge in [-0.3, -0.25) is 0 Å². The van der Waals surface area contributed by atoms with E-state index in [4.69, 9.17) is 4.74 Å². The summed E-state index contributed by atoms with van der Waals surface area (Å²) in [6, 6.07) is 7.62. The maximum atomic E-state index is 13.3. The van der Waals surface area contributed by atoms with Crippen molar-refractivity contribution in [1.82, 2.24) is 9.97 Å². The largest absolute Gasteiger partial charge is 0.477 e. The number of halogens is 4. The van der Waals surface area contributed by atoms with E-state index in [9.17, 15) is 13.2 Å². The van der Waals surface area contributed by atoms with Gasteiger partial charge in [-0.15, -0.1) is 0 Å². The maximum absolute atomic E-state index is 13.3. The van der Waals surface area contributed by atoms with Gasteiger partial charge in [-0.2, -0.15) is 18.2 Å². The number of hydrogen-bond acceptors (Lipinski definition) is 4. The molecular formula is C19H23F3IN3O. The van der Waals surface area contributed by atoms with Crippen molar-refractivity contribution in [3.05, 3.63) is 39.6 Å². The topological polar surface area (TPSA) is 38.2 Å². The Bertz CT molecular complexity index is 740. The molecule has 0 atom stereocenters. The van der Waals surface area contributed by atoms with E-state index in [1.807, 2.05) is 31.2 Å². The second-order valence-corrected chi connectivity index (χ2v) is 7.27. The first-order chi connectivity index (χ1) is 12.9. The molecule has 1 aromatic heterocycles. The Balaban J connectivity index is 2.30. The van der Waals surface area contributed by atoms with Crippen LogP contribution in [0.5, 0.6) is 5.88 Å². The zero-order valence-electron chi connectivity index (χ0n) is 15.4. The zero-order chi connectivity index (χ0) is 19.9. The molecule has 0 amide bonds. The van der Waals surface area contributed by atoms with Gasteiger partial charge < -0.3 is 9.64 Å². The van der Waals surface area contributed by atoms with Crippen LogP contribution in [0.15, 0.2) is 30.5 Å². The van der Waals surface area contributed by atoms with Gasteiger partial charge in [-0.05, 0) is 54.1 Å². The number of hydrogen-bond donors (Lipinski definition) is 0. The molecule has 0 spiro atoms. The summed E-state index contributed by atoms with van der Waals surface area (Å²) in [7, 11) is 0. The molecule has 4 nitrogen and oxygen atoms in total. The molecular weight excluding hydrogens is 470 g/mol. The summed E-state index contributed by atoms with van der Waals surface area (Å²) in [5.41, 5.74) is -0.126. The third-order valence-electron chi connectivity index (χ3n) is 3.96. The molecule has 2 aromatic rings. The van der Waals surface area contributed by atoms with Crippen molar-refractivity contribution in [3.8, 4) is 5.88 Å². The van der Waals surface area contributed by atoms with E-state index < -0.39 is 17.6 Å². The summed E-state index contributed by atoms with van der Waals surface area (Å²) >= 11 is 2.19. The average molecular weight is 493 g/mol. The first-order valence-electron chi connectivity index (χ1n) is 8.97. The fraction of sp³-hybridized carbons (Fsp3) is 0.474. The number of aromatic nitrogens is 2. The number of alkyl halides is 3. The van der Waals surface area contributed by atoms with Crippen molar-refractivity contribution in [2.24, 2.45) is 0 Å². The van der Waals surface area contributed by atoms with Crippen molar-refractivity contribution in [1.29, 1.82) is 0 Å². The third-order valence-corrected chi connectivity index (χ3v) is 4.63. The van der Waals surface area contributed by atoms with Gasteiger partial charge in [0.25, 0.3) is 0 Å². The molecule has 148 valence electrons. The summed E-state index contributed by atoms with van der Waals surface area (Å²) in [5, 5.41) is 0. The van der Waals surface area contributed by atoms with Gasteiger partial charge in [0.2, 0.25) is 11.8 Å². The Morgan fingerprint density at radius 3 is 2.56 bits per heavy atom. The molecule has 1 heterocycles. The average Bonchev–Trinajstić information content (AvgIpc) is 2.61. The molecule has 0 radical (unpaired) electrons. The Morgan fingerprint density at radius 1 is 1.15 bits per heavy atom. The molecule has 0 saturated heterocycles. The van der Waals surface area contributed by atoms with Crippen LogP contribution in [0.25, 0.3) is 0 Å². The first kappa shape index (κ1) is 21.7. The highest BCUT2D eigenvalue weighted by atomic mass is 127. The van der Waals surface area contributed by atoms with Gasteiger partial charge in [0.05, 0.1) is 6.61 Å². The van der Waals surface area contributed by atoms with E-state index in [1.54, 1.807) is 4.90 Å². The van der Waals surface area contributed by atoms with Crippen molar-refractivity contribution in [2.45, 2.75) is 45.7 Å². The van der Waals surface area contributed by atoms with Crippen LogP contribution in [0.1, 0.15) is 45.1 Å². The Hall–Kier alpha value is -1.58. The van der Waals surface area contributed by atoms with Crippen LogP contribution in [0.2, 0.25) is 0 Å². The lowest BCUT2D eigenvalue weighted by atomic mass is 10.2. The molecule has 2 rings (SSSR count). The van der Waals surface area contributed by atoms with Gasteiger partial charge >= 0.3 is 6.18 Å². The monoisotopic (exact) mass is 493 g/mol. The smallest absolute Gasteiger partial charge is 0.423 e. The van der Waals surface area contributed by atoms with Gasteiger partial charge in [-0.25, -0.2) is 4.98 Å². The molecule has 0 unspecified atom stereocenters. The predicted molar refractivity (Wildman–Crippen MR) is 109 cm³/mol. The van der Waals surface area contributed by atoms with E-state index >= 15 is 0 Å². The van der Waals surface area contributed by atoms with Crippen LogP contribution in [0, 0.1) is 3.57 Å². The summed E-state index contributed by atoms with van der Waals surface area (Å²) in [6.45, 7) is 4.69. The highest BCUT2D eigenvalue weighted by Gasteiger charge is 2.36. The Labute approximate surface area is 171 Å². The van der Waals surface area contributed by atoms with E-state index in [2.05, 4.69) is 39.5 Å². The molecule has 0 saturated carbocycles. The number of ether oxygens (including phenoxy) is 1. The number of unbranched alkanes of at least 4 members (excludes halogenated alkanes) is 3. The molecule has 0 N–H and O–H groups in total. The fourth-order valence-electron chi connectivity index (χ4n) is 2.57. The number of anilines is 2. The lowest BCUT2D eigenvalue weighted by molar-refractivity contribution is -0.139. The van der Waals surface area contributed by atoms with Crippen molar-refractivity contribution < 1.29 is 17.9 Å². The molecule has 0 aliphatic rings. The van der Waals surface area contributed by atoms with Gasteiger partial charge in [0.15, 0.2) is 0 Å². The van der Waals surface area contributed by atoms with Crippen LogP contribution >= 0.6 is 22.6 Å². The minimum atomic E-state index is -4.56. The Kier molecular flexibility index (Phi) is 8.12. The Morgan fingerprint density at radius 2 is 1.93 bits per heavy atom. The van der Waals surface area contributed by atoms with Crippen molar-refractivity contribution >= 4 is 34.2 Å². The fourth-order valence-corrected chi connectivity index (χ4v) is 3.10. The normalized spacial score (nSPS) is 11.5. The van der Waals surface area contributed by atoms with E-state index in [1.165, 1.54) is 0 Å². The van der Waals surface area contributed by atoms with E-state index in [0.29, 0.717) is 13.0 Å². The lowest BCUT2D eigenvalue weighted by Crippen LogP contribution is -2.21. The van der Waals surface area contributed by atoms with Crippen LogP contribution in [-0.2, 0) is 6.18 Å². The SMILES string of the molecule is CCCCCCOc1nc(N(CC)c2cccc(I)c2)ncc1C(F)(F)F. The molecule has 27 heavy (non-hydrogen) atoms. The van der Waals surface area contributed by atoms with Crippen LogP contribution < -0.4 is 9.64 Å². The standard InChI is InChI=1S/C19H23F3IN3O/c1-3-5-6-7-11-27-17-16(19(20,21)22)13-24-18(25-17)26(4-2)15-10-8-9-14(23)12-15/h8-10,12-13H,3-7,11H2,1-2H3. The van der Waals surface area contributed by atoms with Crippen molar-refractivity contribution in [2.75, 3.05) is 18.1 Å². The molecule has 8 heteroatoms. The summed E-state index contributed by atoms with van der Waals surface area (Å²) in [5.74, 6) is -0.218. The highest BCUT2D eigenvalue weighted by molar-refractivity contribution is 14.1. The third kappa shape index (κ3) is 6.22. The molecule has 0 aliphatic heterocycles. The molecule has 1 aromatic carbocycles. The molecule has 0 bridgehead atoms. The van der Waals surface area contributed by atoms with E-state index in [0.717, 1.165) is 34.7 Å². The summed E-state index contributed by atoms with van der Waals surface area (Å²) in [6.07, 6.45) is -0.0670. The van der Waals surface area contributed by atoms with Crippen LogP contribution in [-0.4, -0.2) is 23.1 Å². The van der Waals surface area contributed by atoms with Crippen LogP contribution in [0.3, 0.4) is 0 Å². The first-order valence-corrected chi connectivity index (χ1v) is 10.0. The van der Waals surface area contributed by atoms with E-state index in [-0.39, 0.29) is 12.6 Å². The minimum Gasteiger partial charge on any atom is -0.477 e. The molecule has 0 fully saturated rings. The number of nitrogens with zero attached hydrogens (tertiary/aromatic N) is 3. The predicted octanol–water partition coefficient (Wildman–Crippen LogP) is 6.22. The minimum absolute atomic E-state index is 0.191. The quantitative estimate of drug-likeness (QED) is 0.307. The lowest BCUT2D eigenvalue weighted by Gasteiger charge is -2.22. The second-order valence-electron chi connectivity index (χ2n) is 6.02. The van der Waals surface area contributed by atoms with Gasteiger partial charge in [0, 0.05) is 22.0 Å². The second kappa shape index (κ2) is 10.1. The zero-order valence-corrected chi connectivity index (χ0v) is 17.5. The maximum Gasteiger partial charge on any atom is 0.423 e. The van der Waals surface area contributed by atoms with Gasteiger partial charge in [0.1, 0.15) is 5.56 Å². The number of rotatable bonds is 9.